The zero-order valence-electron chi connectivity index (χ0n) is 13.3. The van der Waals surface area contributed by atoms with Crippen LogP contribution in [0, 0.1) is 0 Å². The monoisotopic (exact) mass is 386 g/mol. The number of thioether (sulfide) groups is 1. The second-order valence-electron chi connectivity index (χ2n) is 5.11. The van der Waals surface area contributed by atoms with Gasteiger partial charge in [-0.2, -0.15) is 0 Å². The number of thiophene rings is 1. The second kappa shape index (κ2) is 7.38. The molecule has 0 amide bonds. The van der Waals surface area contributed by atoms with E-state index in [1.165, 1.54) is 0 Å². The van der Waals surface area contributed by atoms with E-state index < -0.39 is 0 Å². The van der Waals surface area contributed by atoms with Crippen molar-refractivity contribution in [3.8, 4) is 27.0 Å². The van der Waals surface area contributed by atoms with Crippen molar-refractivity contribution in [2.45, 2.75) is 10.9 Å². The van der Waals surface area contributed by atoms with Crippen LogP contribution in [-0.4, -0.2) is 27.3 Å². The van der Waals surface area contributed by atoms with E-state index in [2.05, 4.69) is 20.6 Å². The number of hydrogen-bond acceptors (Lipinski definition) is 7. The number of hydrogen-bond donors (Lipinski definition) is 1. The minimum atomic E-state index is 0.738. The molecule has 0 saturated carbocycles. The Balaban J connectivity index is 1.41. The lowest BCUT2D eigenvalue weighted by atomic mass is 10.2. The zero-order chi connectivity index (χ0) is 17.1. The number of nitrogens with one attached hydrogen (secondary N) is 1. The van der Waals surface area contributed by atoms with Crippen molar-refractivity contribution in [3.63, 3.8) is 0 Å². The lowest BCUT2D eigenvalue weighted by Gasteiger charge is -2.00. The number of H-pyrrole nitrogens is 1. The first-order valence-corrected chi connectivity index (χ1v) is 10.2. The molecule has 1 aromatic carbocycles. The van der Waals surface area contributed by atoms with Crippen LogP contribution in [0.1, 0.15) is 5.69 Å². The van der Waals surface area contributed by atoms with Gasteiger partial charge >= 0.3 is 0 Å². The topological polar surface area (TPSA) is 63.7 Å². The third-order valence-electron chi connectivity index (χ3n) is 3.46. The predicted molar refractivity (Wildman–Crippen MR) is 103 cm³/mol. The SMILES string of the molecule is COc1ccc(-c2nc(CSc3n[nH]c(-c4cccs4)n3)cs2)cc1. The number of aromatic nitrogens is 4. The highest BCUT2D eigenvalue weighted by Gasteiger charge is 2.09. The molecule has 0 saturated heterocycles. The average Bonchev–Trinajstić information content (AvgIpc) is 3.41. The summed E-state index contributed by atoms with van der Waals surface area (Å²) in [5, 5.41) is 13.1. The van der Waals surface area contributed by atoms with Crippen molar-refractivity contribution < 1.29 is 4.74 Å². The van der Waals surface area contributed by atoms with Crippen LogP contribution in [-0.2, 0) is 5.75 Å². The summed E-state index contributed by atoms with van der Waals surface area (Å²) >= 11 is 4.87. The quantitative estimate of drug-likeness (QED) is 0.475. The highest BCUT2D eigenvalue weighted by molar-refractivity contribution is 7.98. The molecule has 3 heterocycles. The Bertz CT molecular complexity index is 945. The van der Waals surface area contributed by atoms with Crippen LogP contribution in [0.25, 0.3) is 21.3 Å². The molecular weight excluding hydrogens is 372 g/mol. The predicted octanol–water partition coefficient (Wildman–Crippen LogP) is 4.96. The molecule has 25 heavy (non-hydrogen) atoms. The normalized spacial score (nSPS) is 10.9. The smallest absolute Gasteiger partial charge is 0.209 e. The number of aromatic amines is 1. The van der Waals surface area contributed by atoms with E-state index in [4.69, 9.17) is 9.72 Å². The lowest BCUT2D eigenvalue weighted by molar-refractivity contribution is 0.415. The first kappa shape index (κ1) is 16.3. The molecule has 8 heteroatoms. The van der Waals surface area contributed by atoms with Gasteiger partial charge in [-0.1, -0.05) is 17.8 Å². The van der Waals surface area contributed by atoms with E-state index in [0.29, 0.717) is 0 Å². The Morgan fingerprint density at radius 2 is 2.00 bits per heavy atom. The minimum absolute atomic E-state index is 0.738. The summed E-state index contributed by atoms with van der Waals surface area (Å²) in [5.74, 6) is 2.41. The molecule has 126 valence electrons. The number of methoxy groups -OCH3 is 1. The molecule has 4 aromatic rings. The van der Waals surface area contributed by atoms with Crippen LogP contribution in [0.2, 0.25) is 0 Å². The Kier molecular flexibility index (Phi) is 4.82. The molecule has 3 aromatic heterocycles. The van der Waals surface area contributed by atoms with E-state index in [1.807, 2.05) is 41.8 Å². The number of nitrogens with zero attached hydrogens (tertiary/aromatic N) is 3. The minimum Gasteiger partial charge on any atom is -0.497 e. The first-order chi connectivity index (χ1) is 12.3. The maximum absolute atomic E-state index is 5.19. The third-order valence-corrected chi connectivity index (χ3v) is 6.15. The van der Waals surface area contributed by atoms with E-state index in [0.717, 1.165) is 43.6 Å². The third kappa shape index (κ3) is 3.76. The summed E-state index contributed by atoms with van der Waals surface area (Å²) in [7, 11) is 1.67. The largest absolute Gasteiger partial charge is 0.497 e. The zero-order valence-corrected chi connectivity index (χ0v) is 15.8. The fourth-order valence-corrected chi connectivity index (χ4v) is 4.50. The molecule has 0 unspecified atom stereocenters. The molecule has 0 spiro atoms. The fraction of sp³-hybridized carbons (Fsp3) is 0.118. The van der Waals surface area contributed by atoms with E-state index in [-0.39, 0.29) is 0 Å². The number of benzene rings is 1. The van der Waals surface area contributed by atoms with Crippen LogP contribution < -0.4 is 4.74 Å². The molecule has 1 N–H and O–H groups in total. The van der Waals surface area contributed by atoms with Crippen molar-refractivity contribution in [2.24, 2.45) is 0 Å². The Hall–Kier alpha value is -2.16. The summed E-state index contributed by atoms with van der Waals surface area (Å²) in [6.07, 6.45) is 0. The van der Waals surface area contributed by atoms with E-state index >= 15 is 0 Å². The number of rotatable bonds is 6. The number of ether oxygens (including phenoxy) is 1. The van der Waals surface area contributed by atoms with Gasteiger partial charge in [0.2, 0.25) is 5.16 Å². The van der Waals surface area contributed by atoms with Crippen molar-refractivity contribution >= 4 is 34.4 Å². The lowest BCUT2D eigenvalue weighted by Crippen LogP contribution is -1.84. The molecule has 0 aliphatic carbocycles. The van der Waals surface area contributed by atoms with Gasteiger partial charge in [0.1, 0.15) is 10.8 Å². The highest BCUT2D eigenvalue weighted by Crippen LogP contribution is 2.29. The summed E-state index contributed by atoms with van der Waals surface area (Å²) in [6.45, 7) is 0. The maximum Gasteiger partial charge on any atom is 0.209 e. The molecule has 0 bridgehead atoms. The van der Waals surface area contributed by atoms with Gasteiger partial charge in [0.05, 0.1) is 17.7 Å². The standard InChI is InChI=1S/C17H14N4OS3/c1-22-13-6-4-11(5-7-13)16-18-12(9-24-16)10-25-17-19-15(20-21-17)14-3-2-8-23-14/h2-9H,10H2,1H3,(H,19,20,21). The van der Waals surface area contributed by atoms with Crippen molar-refractivity contribution in [1.82, 2.24) is 20.2 Å². The van der Waals surface area contributed by atoms with Crippen molar-refractivity contribution in [3.05, 3.63) is 52.9 Å². The van der Waals surface area contributed by atoms with Crippen molar-refractivity contribution in [1.29, 1.82) is 0 Å². The molecule has 0 radical (unpaired) electrons. The Morgan fingerprint density at radius 3 is 2.76 bits per heavy atom. The molecule has 5 nitrogen and oxygen atoms in total. The summed E-state index contributed by atoms with van der Waals surface area (Å²) in [4.78, 5) is 10.3. The van der Waals surface area contributed by atoms with Crippen LogP contribution in [0.3, 0.4) is 0 Å². The Morgan fingerprint density at radius 1 is 1.12 bits per heavy atom. The molecule has 0 atom stereocenters. The molecule has 0 aliphatic heterocycles. The average molecular weight is 387 g/mol. The molecule has 0 aliphatic rings. The van der Waals surface area contributed by atoms with Gasteiger partial charge in [-0.05, 0) is 35.7 Å². The van der Waals surface area contributed by atoms with Crippen LogP contribution in [0.4, 0.5) is 0 Å². The van der Waals surface area contributed by atoms with Crippen LogP contribution >= 0.6 is 34.4 Å². The number of thiazole rings is 1. The van der Waals surface area contributed by atoms with Gasteiger partial charge < -0.3 is 4.74 Å². The van der Waals surface area contributed by atoms with Crippen LogP contribution in [0.15, 0.2) is 52.3 Å². The molecule has 4 rings (SSSR count). The highest BCUT2D eigenvalue weighted by atomic mass is 32.2. The molecular formula is C17H14N4OS3. The summed E-state index contributed by atoms with van der Waals surface area (Å²) < 4.78 is 5.19. The van der Waals surface area contributed by atoms with E-state index in [1.54, 1.807) is 41.5 Å². The summed E-state index contributed by atoms with van der Waals surface area (Å²) in [5.41, 5.74) is 2.13. The maximum atomic E-state index is 5.19. The van der Waals surface area contributed by atoms with Gasteiger partial charge in [-0.15, -0.1) is 27.8 Å². The first-order valence-electron chi connectivity index (χ1n) is 7.50. The van der Waals surface area contributed by atoms with Gasteiger partial charge in [0.15, 0.2) is 5.82 Å². The van der Waals surface area contributed by atoms with Gasteiger partial charge in [0.25, 0.3) is 0 Å². The van der Waals surface area contributed by atoms with E-state index in [9.17, 15) is 0 Å². The van der Waals surface area contributed by atoms with Crippen LogP contribution in [0.5, 0.6) is 5.75 Å². The fourth-order valence-electron chi connectivity index (χ4n) is 2.21. The van der Waals surface area contributed by atoms with Crippen molar-refractivity contribution in [2.75, 3.05) is 7.11 Å². The van der Waals surface area contributed by atoms with Gasteiger partial charge in [-0.25, -0.2) is 9.97 Å². The van der Waals surface area contributed by atoms with Gasteiger partial charge in [0, 0.05) is 16.7 Å². The second-order valence-corrected chi connectivity index (χ2v) is 7.85. The Labute approximate surface area is 157 Å². The summed E-state index contributed by atoms with van der Waals surface area (Å²) in [6, 6.07) is 12.0. The van der Waals surface area contributed by atoms with Gasteiger partial charge in [-0.3, -0.25) is 5.10 Å². The molecule has 0 fully saturated rings.